The third-order valence-electron chi connectivity index (χ3n) is 6.87. The molecule has 0 aliphatic carbocycles. The molecule has 0 radical (unpaired) electrons. The van der Waals surface area contributed by atoms with Gasteiger partial charge >= 0.3 is 0 Å². The van der Waals surface area contributed by atoms with Gasteiger partial charge in [0.2, 0.25) is 0 Å². The summed E-state index contributed by atoms with van der Waals surface area (Å²) in [6.45, 7) is 9.64. The molecular formula is C31H36N4O3S. The first-order chi connectivity index (χ1) is 18.9. The van der Waals surface area contributed by atoms with Crippen molar-refractivity contribution in [1.82, 2.24) is 9.80 Å². The Morgan fingerprint density at radius 3 is 2.46 bits per heavy atom. The molecule has 204 valence electrons. The number of aliphatic imine (C=N–C) groups is 1. The Bertz CT molecular complexity index is 1400. The van der Waals surface area contributed by atoms with Crippen molar-refractivity contribution >= 4 is 40.1 Å². The molecule has 3 aromatic carbocycles. The van der Waals surface area contributed by atoms with E-state index in [0.717, 1.165) is 38.9 Å². The van der Waals surface area contributed by atoms with Crippen LogP contribution in [0.25, 0.3) is 6.08 Å². The number of aryl methyl sites for hydroxylation is 1. The Morgan fingerprint density at radius 2 is 1.74 bits per heavy atom. The van der Waals surface area contributed by atoms with Crippen molar-refractivity contribution in [3.63, 3.8) is 0 Å². The van der Waals surface area contributed by atoms with Gasteiger partial charge in [0.15, 0.2) is 0 Å². The molecule has 0 saturated carbocycles. The number of rotatable bonds is 10. The first kappa shape index (κ1) is 28.3. The fraction of sp³-hybridized carbons (Fsp3) is 0.290. The van der Waals surface area contributed by atoms with Crippen molar-refractivity contribution in [2.45, 2.75) is 31.1 Å². The molecule has 1 fully saturated rings. The number of nitrogens with zero attached hydrogens (tertiary/aromatic N) is 3. The lowest BCUT2D eigenvalue weighted by Gasteiger charge is -2.22. The van der Waals surface area contributed by atoms with Gasteiger partial charge in [0.05, 0.1) is 5.69 Å². The maximum atomic E-state index is 13.2. The summed E-state index contributed by atoms with van der Waals surface area (Å²) in [4.78, 5) is 21.5. The van der Waals surface area contributed by atoms with Gasteiger partial charge in [-0.1, -0.05) is 54.6 Å². The van der Waals surface area contributed by atoms with E-state index in [9.17, 15) is 13.2 Å². The SMILES string of the molecule is C=Nc1c(/C=C\C)cccc1S(=O)(=O)Nc1ccc(C(=O)N2CCCN(CCCc3ccccc3)CC2)cc1. The van der Waals surface area contributed by atoms with Gasteiger partial charge in [0, 0.05) is 36.4 Å². The van der Waals surface area contributed by atoms with Crippen LogP contribution in [0, 0.1) is 0 Å². The summed E-state index contributed by atoms with van der Waals surface area (Å²) in [5, 5.41) is 0. The summed E-state index contributed by atoms with van der Waals surface area (Å²) >= 11 is 0. The summed E-state index contributed by atoms with van der Waals surface area (Å²) in [6.07, 6.45) is 6.69. The lowest BCUT2D eigenvalue weighted by molar-refractivity contribution is 0.0761. The Labute approximate surface area is 231 Å². The molecule has 1 heterocycles. The molecule has 4 rings (SSSR count). The molecule has 1 saturated heterocycles. The van der Waals surface area contributed by atoms with Crippen molar-refractivity contribution < 1.29 is 13.2 Å². The van der Waals surface area contributed by atoms with Crippen LogP contribution in [0.3, 0.4) is 0 Å². The molecular weight excluding hydrogens is 508 g/mol. The summed E-state index contributed by atoms with van der Waals surface area (Å²) in [7, 11) is -3.91. The van der Waals surface area contributed by atoms with Crippen LogP contribution in [0.2, 0.25) is 0 Å². The number of sulfonamides is 1. The zero-order valence-corrected chi connectivity index (χ0v) is 23.2. The average Bonchev–Trinajstić information content (AvgIpc) is 3.19. The van der Waals surface area contributed by atoms with E-state index >= 15 is 0 Å². The number of hydrogen-bond donors (Lipinski definition) is 1. The van der Waals surface area contributed by atoms with Crippen molar-refractivity contribution in [1.29, 1.82) is 0 Å². The largest absolute Gasteiger partial charge is 0.337 e. The Hall–Kier alpha value is -3.75. The van der Waals surface area contributed by atoms with E-state index < -0.39 is 10.0 Å². The normalized spacial score (nSPS) is 14.7. The molecule has 1 aliphatic rings. The van der Waals surface area contributed by atoms with Crippen LogP contribution < -0.4 is 4.72 Å². The number of amides is 1. The maximum absolute atomic E-state index is 13.2. The number of carbonyl (C=O) groups excluding carboxylic acids is 1. The lowest BCUT2D eigenvalue weighted by Crippen LogP contribution is -2.35. The predicted octanol–water partition coefficient (Wildman–Crippen LogP) is 5.63. The summed E-state index contributed by atoms with van der Waals surface area (Å²) in [6, 6.07) is 22.1. The molecule has 1 aliphatic heterocycles. The van der Waals surface area contributed by atoms with Crippen molar-refractivity contribution in [2.75, 3.05) is 37.4 Å². The zero-order valence-electron chi connectivity index (χ0n) is 22.4. The molecule has 0 aromatic heterocycles. The van der Waals surface area contributed by atoms with E-state index in [0.29, 0.717) is 35.6 Å². The van der Waals surface area contributed by atoms with Crippen molar-refractivity contribution in [3.8, 4) is 0 Å². The van der Waals surface area contributed by atoms with Crippen LogP contribution in [0.1, 0.15) is 41.3 Å². The predicted molar refractivity (Wildman–Crippen MR) is 159 cm³/mol. The molecule has 0 bridgehead atoms. The summed E-state index contributed by atoms with van der Waals surface area (Å²) < 4.78 is 28.9. The molecule has 7 nitrogen and oxygen atoms in total. The Morgan fingerprint density at radius 1 is 0.974 bits per heavy atom. The van der Waals surface area contributed by atoms with Crippen LogP contribution in [-0.2, 0) is 16.4 Å². The van der Waals surface area contributed by atoms with Gasteiger partial charge in [0.1, 0.15) is 4.90 Å². The molecule has 0 unspecified atom stereocenters. The maximum Gasteiger partial charge on any atom is 0.264 e. The van der Waals surface area contributed by atoms with E-state index in [-0.39, 0.29) is 10.8 Å². The van der Waals surface area contributed by atoms with E-state index in [2.05, 4.69) is 45.6 Å². The third-order valence-corrected chi connectivity index (χ3v) is 8.28. The number of para-hydroxylation sites is 1. The topological polar surface area (TPSA) is 82.1 Å². The fourth-order valence-electron chi connectivity index (χ4n) is 4.86. The van der Waals surface area contributed by atoms with Gasteiger partial charge in [-0.2, -0.15) is 0 Å². The van der Waals surface area contributed by atoms with Gasteiger partial charge in [-0.05, 0) is 81.9 Å². The smallest absolute Gasteiger partial charge is 0.264 e. The Kier molecular flexibility index (Phi) is 9.68. The number of hydrogen-bond acceptors (Lipinski definition) is 5. The number of nitrogens with one attached hydrogen (secondary N) is 1. The van der Waals surface area contributed by atoms with E-state index in [4.69, 9.17) is 0 Å². The first-order valence-electron chi connectivity index (χ1n) is 13.3. The highest BCUT2D eigenvalue weighted by Gasteiger charge is 2.22. The molecule has 39 heavy (non-hydrogen) atoms. The van der Waals surface area contributed by atoms with Crippen LogP contribution >= 0.6 is 0 Å². The standard InChI is InChI=1S/C31H36N4O3S/c1-3-10-26-14-7-15-29(30(26)32-2)39(37,38)33-28-18-16-27(17-19-28)31(36)35-22-9-21-34(23-24-35)20-8-13-25-11-5-4-6-12-25/h3-7,10-12,14-19,33H,2,8-9,13,20-24H2,1H3/b10-3-. The number of benzene rings is 3. The Balaban J connectivity index is 1.35. The zero-order chi connectivity index (χ0) is 27.7. The molecule has 3 aromatic rings. The highest BCUT2D eigenvalue weighted by Crippen LogP contribution is 2.30. The van der Waals surface area contributed by atoms with Crippen LogP contribution in [0.15, 0.2) is 88.8 Å². The molecule has 0 atom stereocenters. The van der Waals surface area contributed by atoms with Gasteiger partial charge in [-0.25, -0.2) is 8.42 Å². The van der Waals surface area contributed by atoms with Crippen molar-refractivity contribution in [3.05, 3.63) is 95.6 Å². The minimum absolute atomic E-state index is 0.0345. The second kappa shape index (κ2) is 13.4. The van der Waals surface area contributed by atoms with Gasteiger partial charge in [0.25, 0.3) is 15.9 Å². The minimum Gasteiger partial charge on any atom is -0.337 e. The third kappa shape index (κ3) is 7.43. The second-order valence-electron chi connectivity index (χ2n) is 9.61. The summed E-state index contributed by atoms with van der Waals surface area (Å²) in [5.74, 6) is -0.0345. The van der Waals surface area contributed by atoms with Crippen LogP contribution in [0.4, 0.5) is 11.4 Å². The van der Waals surface area contributed by atoms with E-state index in [1.807, 2.05) is 24.0 Å². The monoisotopic (exact) mass is 544 g/mol. The van der Waals surface area contributed by atoms with E-state index in [1.165, 1.54) is 11.6 Å². The van der Waals surface area contributed by atoms with Crippen molar-refractivity contribution in [2.24, 2.45) is 4.99 Å². The van der Waals surface area contributed by atoms with Gasteiger partial charge in [-0.3, -0.25) is 14.5 Å². The van der Waals surface area contributed by atoms with Crippen LogP contribution in [-0.4, -0.2) is 63.6 Å². The molecule has 0 spiro atoms. The van der Waals surface area contributed by atoms with Gasteiger partial charge < -0.3 is 9.80 Å². The summed E-state index contributed by atoms with van der Waals surface area (Å²) in [5.41, 5.74) is 3.24. The average molecular weight is 545 g/mol. The quantitative estimate of drug-likeness (QED) is 0.335. The number of allylic oxidation sites excluding steroid dienone is 1. The van der Waals surface area contributed by atoms with Crippen LogP contribution in [0.5, 0.6) is 0 Å². The molecule has 8 heteroatoms. The fourth-order valence-corrected chi connectivity index (χ4v) is 6.11. The number of anilines is 1. The lowest BCUT2D eigenvalue weighted by atomic mass is 10.1. The molecule has 1 N–H and O–H groups in total. The van der Waals surface area contributed by atoms with Gasteiger partial charge in [-0.15, -0.1) is 0 Å². The molecule has 1 amide bonds. The van der Waals surface area contributed by atoms with E-state index in [1.54, 1.807) is 42.5 Å². The second-order valence-corrected chi connectivity index (χ2v) is 11.3. The first-order valence-corrected chi connectivity index (χ1v) is 14.8. The number of carbonyl (C=O) groups is 1. The highest BCUT2D eigenvalue weighted by molar-refractivity contribution is 7.92. The highest BCUT2D eigenvalue weighted by atomic mass is 32.2. The minimum atomic E-state index is -3.91.